The summed E-state index contributed by atoms with van der Waals surface area (Å²) >= 11 is 0. The molecule has 3 amide bonds. The van der Waals surface area contributed by atoms with Crippen molar-refractivity contribution in [2.45, 2.75) is 44.6 Å². The number of rotatable bonds is 9. The van der Waals surface area contributed by atoms with Crippen LogP contribution in [-0.2, 0) is 14.4 Å². The van der Waals surface area contributed by atoms with Gasteiger partial charge >= 0.3 is 12.4 Å². The second-order valence-electron chi connectivity index (χ2n) is 9.15. The highest BCUT2D eigenvalue weighted by Crippen LogP contribution is 2.48. The Bertz CT molecular complexity index is 1260. The molecule has 1 aliphatic rings. The Labute approximate surface area is 219 Å². The van der Waals surface area contributed by atoms with Crippen molar-refractivity contribution in [2.24, 2.45) is 27.8 Å². The maximum Gasteiger partial charge on any atom is 0.390 e. The van der Waals surface area contributed by atoms with E-state index in [1.165, 1.54) is 13.0 Å². The number of para-hydroxylation sites is 1. The van der Waals surface area contributed by atoms with Gasteiger partial charge in [-0.3, -0.25) is 19.4 Å². The highest BCUT2D eigenvalue weighted by molar-refractivity contribution is 6.20. The summed E-state index contributed by atoms with van der Waals surface area (Å²) in [6.45, 7) is 1.42. The number of carbonyl (C=O) groups is 3. The number of hydrogen-bond donors (Lipinski definition) is 2. The van der Waals surface area contributed by atoms with Crippen molar-refractivity contribution in [2.75, 3.05) is 11.4 Å². The van der Waals surface area contributed by atoms with Crippen LogP contribution in [0.3, 0.4) is 0 Å². The molecule has 0 aromatic heterocycles. The highest BCUT2D eigenvalue weighted by Gasteiger charge is 2.61. The average Bonchev–Trinajstić information content (AvgIpc) is 2.96. The molecule has 0 fully saturated rings. The van der Waals surface area contributed by atoms with Gasteiger partial charge in [0.15, 0.2) is 0 Å². The van der Waals surface area contributed by atoms with E-state index in [0.717, 1.165) is 4.90 Å². The minimum atomic E-state index is -5.25. The molecule has 7 nitrogen and oxygen atoms in total. The number of nitrogens with two attached hydrogens (primary N) is 2. The maximum absolute atomic E-state index is 14.1. The Hall–Kier alpha value is -3.90. The number of benzene rings is 2. The van der Waals surface area contributed by atoms with E-state index in [4.69, 9.17) is 11.5 Å². The third-order valence-electron chi connectivity index (χ3n) is 6.69. The van der Waals surface area contributed by atoms with Gasteiger partial charge in [0.2, 0.25) is 11.8 Å². The third-order valence-corrected chi connectivity index (χ3v) is 6.69. The molecule has 0 bridgehead atoms. The lowest BCUT2D eigenvalue weighted by molar-refractivity contribution is -0.183. The van der Waals surface area contributed by atoms with E-state index in [2.05, 4.69) is 4.99 Å². The predicted octanol–water partition coefficient (Wildman–Crippen LogP) is 4.13. The zero-order valence-corrected chi connectivity index (χ0v) is 20.7. The average molecular weight is 557 g/mol. The van der Waals surface area contributed by atoms with Gasteiger partial charge in [-0.15, -0.1) is 0 Å². The van der Waals surface area contributed by atoms with Gasteiger partial charge in [-0.25, -0.2) is 0 Å². The van der Waals surface area contributed by atoms with E-state index in [9.17, 15) is 40.7 Å². The van der Waals surface area contributed by atoms with Crippen LogP contribution in [0.5, 0.6) is 0 Å². The lowest BCUT2D eigenvalue weighted by Crippen LogP contribution is -2.61. The largest absolute Gasteiger partial charge is 0.390 e. The van der Waals surface area contributed by atoms with Crippen LogP contribution in [-0.4, -0.2) is 48.4 Å². The number of halogens is 6. The fraction of sp³-hybridized carbons (Fsp3) is 0.385. The quantitative estimate of drug-likeness (QED) is 0.452. The third kappa shape index (κ3) is 6.23. The lowest BCUT2D eigenvalue weighted by atomic mass is 9.64. The smallest absolute Gasteiger partial charge is 0.369 e. The summed E-state index contributed by atoms with van der Waals surface area (Å²) in [5.41, 5.74) is 8.49. The van der Waals surface area contributed by atoms with Crippen molar-refractivity contribution in [3.05, 3.63) is 65.7 Å². The molecule has 2 aromatic rings. The van der Waals surface area contributed by atoms with Crippen molar-refractivity contribution in [1.29, 1.82) is 0 Å². The van der Waals surface area contributed by atoms with Crippen LogP contribution >= 0.6 is 0 Å². The van der Waals surface area contributed by atoms with Gasteiger partial charge in [-0.1, -0.05) is 48.5 Å². The topological polar surface area (TPSA) is 119 Å². The summed E-state index contributed by atoms with van der Waals surface area (Å²) in [5.74, 6) is -7.02. The number of alkyl halides is 6. The Morgan fingerprint density at radius 3 is 2.05 bits per heavy atom. The molecule has 4 N–H and O–H groups in total. The van der Waals surface area contributed by atoms with Gasteiger partial charge < -0.3 is 16.4 Å². The fourth-order valence-electron chi connectivity index (χ4n) is 5.01. The SMILES string of the molecule is CCN1C(=O)C(C(CC(F)(F)F)(C(N)=O)C(CCC(F)(F)F)C(N)=O)N=C(c2ccccc2)c2ccccc21. The standard InChI is InChI=1S/C26H26F6N4O3/c1-2-36-18-11-7-6-10-16(18)19(15-8-4-3-5-9-15)35-20(22(36)38)24(23(34)39,14-26(30,31)32)17(21(33)37)12-13-25(27,28)29/h3-11,17,20H,2,12-14H2,1H3,(H2,33,37)(H2,34,39). The number of hydrogen-bond acceptors (Lipinski definition) is 4. The first-order valence-corrected chi connectivity index (χ1v) is 11.9. The van der Waals surface area contributed by atoms with Crippen LogP contribution in [0.4, 0.5) is 32.0 Å². The van der Waals surface area contributed by atoms with Crippen molar-refractivity contribution < 1.29 is 40.7 Å². The Morgan fingerprint density at radius 1 is 0.949 bits per heavy atom. The fourth-order valence-corrected chi connectivity index (χ4v) is 5.01. The number of aliphatic imine (C=N–C) groups is 1. The molecule has 1 aliphatic heterocycles. The number of nitrogens with zero attached hydrogens (tertiary/aromatic N) is 2. The molecule has 3 unspecified atom stereocenters. The molecule has 1 heterocycles. The summed E-state index contributed by atoms with van der Waals surface area (Å²) in [6, 6.07) is 11.9. The predicted molar refractivity (Wildman–Crippen MR) is 131 cm³/mol. The molecule has 2 aromatic carbocycles. The van der Waals surface area contributed by atoms with Gasteiger partial charge in [-0.05, 0) is 19.4 Å². The van der Waals surface area contributed by atoms with E-state index in [1.807, 2.05) is 0 Å². The van der Waals surface area contributed by atoms with Gasteiger partial charge in [-0.2, -0.15) is 26.3 Å². The van der Waals surface area contributed by atoms with Crippen LogP contribution in [0.2, 0.25) is 0 Å². The summed E-state index contributed by atoms with van der Waals surface area (Å²) in [5, 5.41) is 0. The van der Waals surface area contributed by atoms with Crippen LogP contribution in [0.15, 0.2) is 59.6 Å². The van der Waals surface area contributed by atoms with E-state index >= 15 is 0 Å². The van der Waals surface area contributed by atoms with Crippen molar-refractivity contribution >= 4 is 29.1 Å². The van der Waals surface area contributed by atoms with E-state index in [0.29, 0.717) is 11.1 Å². The lowest BCUT2D eigenvalue weighted by Gasteiger charge is -2.41. The molecule has 0 spiro atoms. The minimum absolute atomic E-state index is 0.00709. The second-order valence-corrected chi connectivity index (χ2v) is 9.15. The van der Waals surface area contributed by atoms with Crippen molar-refractivity contribution in [3.63, 3.8) is 0 Å². The Morgan fingerprint density at radius 2 is 1.54 bits per heavy atom. The van der Waals surface area contributed by atoms with E-state index in [1.54, 1.807) is 48.5 Å². The van der Waals surface area contributed by atoms with Gasteiger partial charge in [0.05, 0.1) is 23.7 Å². The zero-order valence-electron chi connectivity index (χ0n) is 20.7. The van der Waals surface area contributed by atoms with Gasteiger partial charge in [0.1, 0.15) is 11.5 Å². The first kappa shape index (κ1) is 29.7. The molecule has 3 rings (SSSR count). The number of primary amides is 2. The minimum Gasteiger partial charge on any atom is -0.369 e. The molecule has 13 heteroatoms. The van der Waals surface area contributed by atoms with E-state index in [-0.39, 0.29) is 17.9 Å². The monoisotopic (exact) mass is 556 g/mol. The van der Waals surface area contributed by atoms with Crippen molar-refractivity contribution in [1.82, 2.24) is 0 Å². The van der Waals surface area contributed by atoms with Crippen LogP contribution < -0.4 is 16.4 Å². The van der Waals surface area contributed by atoms with E-state index < -0.39 is 66.7 Å². The number of likely N-dealkylation sites (N-methyl/N-ethyl adjacent to an activating group) is 1. The molecule has 0 saturated heterocycles. The molecule has 0 radical (unpaired) electrons. The van der Waals surface area contributed by atoms with Crippen LogP contribution in [0.25, 0.3) is 0 Å². The molecular formula is C26H26F6N4O3. The van der Waals surface area contributed by atoms with Gasteiger partial charge in [0.25, 0.3) is 5.91 Å². The second kappa shape index (κ2) is 11.1. The first-order chi connectivity index (χ1) is 18.1. The first-order valence-electron chi connectivity index (χ1n) is 11.9. The molecule has 210 valence electrons. The summed E-state index contributed by atoms with van der Waals surface area (Å²) in [4.78, 5) is 44.9. The van der Waals surface area contributed by atoms with Crippen molar-refractivity contribution in [3.8, 4) is 0 Å². The molecule has 0 aliphatic carbocycles. The van der Waals surface area contributed by atoms with Gasteiger partial charge in [0, 0.05) is 24.1 Å². The molecule has 3 atom stereocenters. The maximum atomic E-state index is 14.1. The molecular weight excluding hydrogens is 530 g/mol. The highest BCUT2D eigenvalue weighted by atomic mass is 19.4. The number of benzodiazepines with no additional fused rings is 1. The number of carbonyl (C=O) groups excluding carboxylic acids is 3. The van der Waals surface area contributed by atoms with Crippen LogP contribution in [0.1, 0.15) is 37.3 Å². The molecule has 39 heavy (non-hydrogen) atoms. The Balaban J connectivity index is 2.42. The van der Waals surface area contributed by atoms with Crippen LogP contribution in [0, 0.1) is 11.3 Å². The summed E-state index contributed by atoms with van der Waals surface area (Å²) < 4.78 is 81.8. The summed E-state index contributed by atoms with van der Waals surface area (Å²) in [6.07, 6.45) is -15.4. The normalized spacial score (nSPS) is 18.4. The number of amides is 3. The number of anilines is 1. The summed E-state index contributed by atoms with van der Waals surface area (Å²) in [7, 11) is 0. The number of fused-ring (bicyclic) bond motifs is 1. The Kier molecular flexibility index (Phi) is 8.42. The molecule has 0 saturated carbocycles. The zero-order chi connectivity index (χ0) is 29.2.